The van der Waals surface area contributed by atoms with Crippen LogP contribution < -0.4 is 14.8 Å². The lowest BCUT2D eigenvalue weighted by Gasteiger charge is -2.19. The van der Waals surface area contributed by atoms with Crippen LogP contribution >= 0.6 is 7.14 Å². The Labute approximate surface area is 163 Å². The van der Waals surface area contributed by atoms with Crippen LogP contribution in [-0.2, 0) is 4.57 Å². The van der Waals surface area contributed by atoms with E-state index in [2.05, 4.69) is 0 Å². The van der Waals surface area contributed by atoms with Gasteiger partial charge in [0.05, 0.1) is 25.3 Å². The third-order valence-electron chi connectivity index (χ3n) is 4.37. The fourth-order valence-corrected chi connectivity index (χ4v) is 5.24. The maximum absolute atomic E-state index is 14.1. The van der Waals surface area contributed by atoms with Crippen molar-refractivity contribution in [2.24, 2.45) is 0 Å². The normalized spacial score (nSPS) is 10.9. The molecule has 0 heterocycles. The van der Waals surface area contributed by atoms with Gasteiger partial charge in [0.25, 0.3) is 0 Å². The van der Waals surface area contributed by atoms with Crippen molar-refractivity contribution in [3.05, 3.63) is 90.0 Å². The number of benzene rings is 3. The van der Waals surface area contributed by atoms with Crippen LogP contribution in [0.4, 0.5) is 0 Å². The summed E-state index contributed by atoms with van der Waals surface area (Å²) in [6.45, 7) is 0. The monoisotopic (exact) mass is 394 g/mol. The van der Waals surface area contributed by atoms with E-state index >= 15 is 0 Å². The molecule has 0 fully saturated rings. The molecule has 0 atom stereocenters. The fraction of sp³-hybridized carbons (Fsp3) is 0.0909. The van der Waals surface area contributed by atoms with Gasteiger partial charge in [-0.3, -0.25) is 9.59 Å². The molecule has 0 spiro atoms. The van der Waals surface area contributed by atoms with Crippen molar-refractivity contribution in [3.8, 4) is 11.5 Å². The predicted octanol–water partition coefficient (Wildman–Crippen LogP) is 4.37. The Morgan fingerprint density at radius 2 is 1.04 bits per heavy atom. The van der Waals surface area contributed by atoms with Crippen LogP contribution in [0.25, 0.3) is 0 Å². The Bertz CT molecular complexity index is 996. The van der Waals surface area contributed by atoms with Gasteiger partial charge in [-0.1, -0.05) is 54.6 Å². The maximum Gasteiger partial charge on any atom is 0.248 e. The molecule has 0 saturated heterocycles. The topological polar surface area (TPSA) is 69.7 Å². The zero-order chi connectivity index (χ0) is 20.1. The summed E-state index contributed by atoms with van der Waals surface area (Å²) in [4.78, 5) is 26.9. The Kier molecular flexibility index (Phi) is 5.76. The molecule has 0 aliphatic rings. The SMILES string of the molecule is COc1ccccc1C(=O)P(=O)(C(=O)c1ccccc1OC)c1ccccc1. The summed E-state index contributed by atoms with van der Waals surface area (Å²) in [5.74, 6) is 0.521. The van der Waals surface area contributed by atoms with Crippen LogP contribution in [0.5, 0.6) is 11.5 Å². The highest BCUT2D eigenvalue weighted by atomic mass is 31.2. The zero-order valence-corrected chi connectivity index (χ0v) is 16.4. The highest BCUT2D eigenvalue weighted by molar-refractivity contribution is 8.01. The minimum absolute atomic E-state index is 0.0976. The summed E-state index contributed by atoms with van der Waals surface area (Å²) in [7, 11) is -1.38. The molecule has 3 rings (SSSR count). The molecule has 0 aromatic heterocycles. The molecule has 3 aromatic carbocycles. The summed E-state index contributed by atoms with van der Waals surface area (Å²) in [5.41, 5.74) is -1.35. The molecule has 0 bridgehead atoms. The summed E-state index contributed by atoms with van der Waals surface area (Å²) in [6, 6.07) is 21.0. The largest absolute Gasteiger partial charge is 0.496 e. The van der Waals surface area contributed by atoms with E-state index in [1.54, 1.807) is 54.6 Å². The quantitative estimate of drug-likeness (QED) is 0.557. The average Bonchev–Trinajstić information content (AvgIpc) is 2.78. The Morgan fingerprint density at radius 3 is 1.46 bits per heavy atom. The summed E-state index contributed by atoms with van der Waals surface area (Å²) in [6.07, 6.45) is 0. The van der Waals surface area contributed by atoms with Crippen molar-refractivity contribution in [3.63, 3.8) is 0 Å². The first-order valence-electron chi connectivity index (χ1n) is 8.55. The van der Waals surface area contributed by atoms with Crippen LogP contribution in [-0.4, -0.2) is 25.3 Å². The van der Waals surface area contributed by atoms with Gasteiger partial charge < -0.3 is 14.0 Å². The van der Waals surface area contributed by atoms with Crippen LogP contribution in [0, 0.1) is 0 Å². The van der Waals surface area contributed by atoms with Crippen molar-refractivity contribution in [2.75, 3.05) is 14.2 Å². The van der Waals surface area contributed by atoms with Gasteiger partial charge >= 0.3 is 0 Å². The second-order valence-corrected chi connectivity index (χ2v) is 8.50. The van der Waals surface area contributed by atoms with E-state index in [4.69, 9.17) is 9.47 Å². The predicted molar refractivity (Wildman–Crippen MR) is 108 cm³/mol. The number of hydrogen-bond acceptors (Lipinski definition) is 5. The number of rotatable bonds is 7. The van der Waals surface area contributed by atoms with E-state index in [1.807, 2.05) is 0 Å². The third kappa shape index (κ3) is 3.37. The van der Waals surface area contributed by atoms with Gasteiger partial charge in [0.1, 0.15) is 11.5 Å². The molecule has 0 aliphatic heterocycles. The number of ether oxygens (including phenoxy) is 2. The first-order valence-corrected chi connectivity index (χ1v) is 10.3. The molecule has 5 nitrogen and oxygen atoms in total. The number of para-hydroxylation sites is 2. The second kappa shape index (κ2) is 8.24. The molecule has 0 saturated carbocycles. The molecular formula is C22H19O5P. The van der Waals surface area contributed by atoms with E-state index in [0.717, 1.165) is 0 Å². The lowest BCUT2D eigenvalue weighted by atomic mass is 10.2. The Balaban J connectivity index is 2.24. The molecule has 0 unspecified atom stereocenters. The lowest BCUT2D eigenvalue weighted by Crippen LogP contribution is -2.21. The Morgan fingerprint density at radius 1 is 0.643 bits per heavy atom. The molecule has 142 valence electrons. The number of methoxy groups -OCH3 is 2. The molecule has 6 heteroatoms. The fourth-order valence-electron chi connectivity index (χ4n) is 2.95. The van der Waals surface area contributed by atoms with E-state index in [1.165, 1.54) is 38.5 Å². The summed E-state index contributed by atoms with van der Waals surface area (Å²) < 4.78 is 24.6. The molecule has 0 amide bonds. The van der Waals surface area contributed by atoms with E-state index in [9.17, 15) is 14.2 Å². The van der Waals surface area contributed by atoms with Gasteiger partial charge in [0.2, 0.25) is 18.2 Å². The minimum Gasteiger partial charge on any atom is -0.496 e. The number of carbonyl (C=O) groups excluding carboxylic acids is 2. The molecule has 0 radical (unpaired) electrons. The molecule has 0 N–H and O–H groups in total. The van der Waals surface area contributed by atoms with Crippen molar-refractivity contribution in [1.29, 1.82) is 0 Å². The van der Waals surface area contributed by atoms with Crippen LogP contribution in [0.15, 0.2) is 78.9 Å². The first kappa shape index (κ1) is 19.6. The van der Waals surface area contributed by atoms with Crippen molar-refractivity contribution < 1.29 is 23.6 Å². The second-order valence-electron chi connectivity index (χ2n) is 5.96. The number of hydrogen-bond donors (Lipinski definition) is 0. The smallest absolute Gasteiger partial charge is 0.248 e. The van der Waals surface area contributed by atoms with Crippen LogP contribution in [0.2, 0.25) is 0 Å². The van der Waals surface area contributed by atoms with Gasteiger partial charge in [-0.25, -0.2) is 0 Å². The number of carbonyl (C=O) groups is 2. The summed E-state index contributed by atoms with van der Waals surface area (Å²) in [5, 5.41) is 0.168. The van der Waals surface area contributed by atoms with E-state index < -0.39 is 18.2 Å². The van der Waals surface area contributed by atoms with Crippen LogP contribution in [0.3, 0.4) is 0 Å². The average molecular weight is 394 g/mol. The van der Waals surface area contributed by atoms with Crippen LogP contribution in [0.1, 0.15) is 20.7 Å². The van der Waals surface area contributed by atoms with E-state index in [-0.39, 0.29) is 27.9 Å². The highest BCUT2D eigenvalue weighted by Crippen LogP contribution is 2.53. The van der Waals surface area contributed by atoms with Crippen molar-refractivity contribution in [1.82, 2.24) is 0 Å². The third-order valence-corrected chi connectivity index (χ3v) is 7.02. The van der Waals surface area contributed by atoms with Gasteiger partial charge in [0, 0.05) is 5.30 Å². The van der Waals surface area contributed by atoms with E-state index in [0.29, 0.717) is 0 Å². The molecule has 28 heavy (non-hydrogen) atoms. The van der Waals surface area contributed by atoms with Crippen molar-refractivity contribution in [2.45, 2.75) is 0 Å². The zero-order valence-electron chi connectivity index (χ0n) is 15.5. The summed E-state index contributed by atoms with van der Waals surface area (Å²) >= 11 is 0. The van der Waals surface area contributed by atoms with Crippen molar-refractivity contribution >= 4 is 23.5 Å². The Hall–Kier alpha value is -3.17. The van der Waals surface area contributed by atoms with Gasteiger partial charge in [-0.15, -0.1) is 0 Å². The lowest BCUT2D eigenvalue weighted by molar-refractivity contribution is 0.103. The molecule has 3 aromatic rings. The molecule has 0 aliphatic carbocycles. The maximum atomic E-state index is 14.1. The van der Waals surface area contributed by atoms with Gasteiger partial charge in [-0.2, -0.15) is 0 Å². The standard InChI is InChI=1S/C22H19O5P/c1-26-19-14-8-6-12-17(19)21(23)28(25,16-10-4-3-5-11-16)22(24)18-13-7-9-15-20(18)27-2/h3-15H,1-2H3. The van der Waals surface area contributed by atoms with Gasteiger partial charge in [0.15, 0.2) is 0 Å². The van der Waals surface area contributed by atoms with Gasteiger partial charge in [-0.05, 0) is 24.3 Å². The molecular weight excluding hydrogens is 375 g/mol. The highest BCUT2D eigenvalue weighted by Gasteiger charge is 2.44. The minimum atomic E-state index is -4.22. The first-order chi connectivity index (χ1) is 13.5.